The second-order valence-electron chi connectivity index (χ2n) is 10.2. The number of nitrogens with zero attached hydrogens (tertiary/aromatic N) is 2. The van der Waals surface area contributed by atoms with Crippen molar-refractivity contribution < 1.29 is 14.3 Å². The van der Waals surface area contributed by atoms with Gasteiger partial charge in [-0.25, -0.2) is 0 Å². The first-order valence-electron chi connectivity index (χ1n) is 12.8. The van der Waals surface area contributed by atoms with Crippen molar-refractivity contribution in [1.82, 2.24) is 14.8 Å². The molecular formula is C29H35N3O3. The van der Waals surface area contributed by atoms with E-state index in [1.807, 2.05) is 66.1 Å². The van der Waals surface area contributed by atoms with E-state index in [2.05, 4.69) is 5.32 Å². The fourth-order valence-electron chi connectivity index (χ4n) is 5.65. The lowest BCUT2D eigenvalue weighted by Crippen LogP contribution is -2.64. The quantitative estimate of drug-likeness (QED) is 0.547. The number of hydrogen-bond acceptors (Lipinski definition) is 3. The zero-order chi connectivity index (χ0) is 24.4. The van der Waals surface area contributed by atoms with E-state index in [0.717, 1.165) is 47.9 Å². The summed E-state index contributed by atoms with van der Waals surface area (Å²) < 4.78 is 7.43. The minimum absolute atomic E-state index is 0.0669. The maximum atomic E-state index is 14.0. The molecule has 0 unspecified atom stereocenters. The number of aromatic nitrogens is 1. The molecule has 1 N–H and O–H groups in total. The molecule has 3 aromatic rings. The maximum absolute atomic E-state index is 14.0. The zero-order valence-corrected chi connectivity index (χ0v) is 20.8. The third-order valence-corrected chi connectivity index (χ3v) is 7.74. The number of rotatable bonds is 5. The van der Waals surface area contributed by atoms with Crippen LogP contribution in [0.4, 0.5) is 0 Å². The first kappa shape index (κ1) is 23.5. The van der Waals surface area contributed by atoms with Crippen LogP contribution in [0.15, 0.2) is 54.6 Å². The molecule has 6 nitrogen and oxygen atoms in total. The number of amides is 2. The number of carbonyl (C=O) groups excluding carboxylic acids is 2. The van der Waals surface area contributed by atoms with Gasteiger partial charge < -0.3 is 19.5 Å². The van der Waals surface area contributed by atoms with E-state index in [0.29, 0.717) is 18.8 Å². The highest BCUT2D eigenvalue weighted by Crippen LogP contribution is 2.34. The van der Waals surface area contributed by atoms with Gasteiger partial charge in [-0.1, -0.05) is 62.4 Å². The number of para-hydroxylation sites is 1. The van der Waals surface area contributed by atoms with Crippen molar-refractivity contribution in [3.63, 3.8) is 0 Å². The Kier molecular flexibility index (Phi) is 6.54. The second-order valence-corrected chi connectivity index (χ2v) is 10.2. The summed E-state index contributed by atoms with van der Waals surface area (Å²) in [6, 6.07) is 17.8. The Morgan fingerprint density at radius 1 is 1.03 bits per heavy atom. The summed E-state index contributed by atoms with van der Waals surface area (Å²) in [6.07, 6.45) is 8.02. The van der Waals surface area contributed by atoms with Crippen molar-refractivity contribution in [2.45, 2.75) is 76.5 Å². The van der Waals surface area contributed by atoms with Crippen LogP contribution in [0.25, 0.3) is 10.9 Å². The fraction of sp³-hybridized carbons (Fsp3) is 0.448. The van der Waals surface area contributed by atoms with Crippen LogP contribution in [0.5, 0.6) is 5.75 Å². The third-order valence-electron chi connectivity index (χ3n) is 7.74. The molecule has 2 aliphatic rings. The van der Waals surface area contributed by atoms with Crippen molar-refractivity contribution in [3.8, 4) is 5.75 Å². The van der Waals surface area contributed by atoms with Crippen molar-refractivity contribution in [1.29, 1.82) is 0 Å². The summed E-state index contributed by atoms with van der Waals surface area (Å²) >= 11 is 0. The number of methoxy groups -OCH3 is 1. The first-order valence-corrected chi connectivity index (χ1v) is 12.8. The number of nitrogens with one attached hydrogen (secondary N) is 1. The van der Waals surface area contributed by atoms with E-state index in [4.69, 9.17) is 4.74 Å². The summed E-state index contributed by atoms with van der Waals surface area (Å²) in [7, 11) is 1.64. The molecule has 184 valence electrons. The molecule has 0 saturated heterocycles. The van der Waals surface area contributed by atoms with Gasteiger partial charge in [0.1, 0.15) is 17.0 Å². The van der Waals surface area contributed by atoms with Gasteiger partial charge in [0.05, 0.1) is 13.7 Å². The van der Waals surface area contributed by atoms with Crippen molar-refractivity contribution in [2.24, 2.45) is 0 Å². The Bertz CT molecular complexity index is 1220. The van der Waals surface area contributed by atoms with Gasteiger partial charge in [0.25, 0.3) is 5.91 Å². The number of carbonyl (C=O) groups is 2. The molecule has 1 aromatic heterocycles. The van der Waals surface area contributed by atoms with Gasteiger partial charge in [0.2, 0.25) is 5.91 Å². The molecule has 2 amide bonds. The molecule has 1 fully saturated rings. The molecule has 5 rings (SSSR count). The standard InChI is InChI=1S/C29H35N3O3/c1-29(28(34)30-23-13-6-4-3-5-7-14-23)20-31-25-16-9-8-12-22(25)18-26(31)27(33)32(29)19-21-11-10-15-24(17-21)35-2/h8-12,15-18,23H,3-7,13-14,19-20H2,1-2H3,(H,30,34)/t29-/m0/s1. The van der Waals surface area contributed by atoms with Gasteiger partial charge >= 0.3 is 0 Å². The van der Waals surface area contributed by atoms with Gasteiger partial charge in [-0.15, -0.1) is 0 Å². The van der Waals surface area contributed by atoms with E-state index < -0.39 is 5.54 Å². The molecule has 1 aliphatic heterocycles. The Hall–Kier alpha value is -3.28. The summed E-state index contributed by atoms with van der Waals surface area (Å²) in [6.45, 7) is 2.68. The largest absolute Gasteiger partial charge is 0.497 e. The Morgan fingerprint density at radius 3 is 2.54 bits per heavy atom. The molecule has 2 heterocycles. The van der Waals surface area contributed by atoms with Gasteiger partial charge in [0, 0.05) is 23.5 Å². The number of ether oxygens (including phenoxy) is 1. The molecule has 0 spiro atoms. The van der Waals surface area contributed by atoms with Crippen LogP contribution < -0.4 is 10.1 Å². The Balaban J connectivity index is 1.51. The highest BCUT2D eigenvalue weighted by Gasteiger charge is 2.48. The van der Waals surface area contributed by atoms with Gasteiger partial charge in [0.15, 0.2) is 0 Å². The molecule has 0 radical (unpaired) electrons. The van der Waals surface area contributed by atoms with Crippen LogP contribution in [-0.4, -0.2) is 40.0 Å². The minimum atomic E-state index is -1.02. The lowest BCUT2D eigenvalue weighted by atomic mass is 9.91. The first-order chi connectivity index (χ1) is 17.0. The highest BCUT2D eigenvalue weighted by atomic mass is 16.5. The lowest BCUT2D eigenvalue weighted by molar-refractivity contribution is -0.134. The third kappa shape index (κ3) is 4.54. The highest BCUT2D eigenvalue weighted by molar-refractivity contribution is 6.03. The zero-order valence-electron chi connectivity index (χ0n) is 20.8. The van der Waals surface area contributed by atoms with Gasteiger partial charge in [-0.05, 0) is 49.6 Å². The summed E-state index contributed by atoms with van der Waals surface area (Å²) in [5.74, 6) is 0.551. The van der Waals surface area contributed by atoms with Crippen molar-refractivity contribution in [2.75, 3.05) is 7.11 Å². The number of hydrogen-bond donors (Lipinski definition) is 1. The smallest absolute Gasteiger partial charge is 0.271 e. The SMILES string of the molecule is COc1cccc(CN2C(=O)c3cc4ccccc4n3C[C@@]2(C)C(=O)NC2CCCCCCC2)c1. The summed E-state index contributed by atoms with van der Waals surface area (Å²) in [5.41, 5.74) is 1.54. The maximum Gasteiger partial charge on any atom is 0.271 e. The monoisotopic (exact) mass is 473 g/mol. The van der Waals surface area contributed by atoms with Gasteiger partial charge in [-0.3, -0.25) is 9.59 Å². The minimum Gasteiger partial charge on any atom is -0.497 e. The van der Waals surface area contributed by atoms with E-state index >= 15 is 0 Å². The predicted molar refractivity (Wildman–Crippen MR) is 137 cm³/mol. The fourth-order valence-corrected chi connectivity index (χ4v) is 5.65. The number of benzene rings is 2. The van der Waals surface area contributed by atoms with E-state index in [9.17, 15) is 9.59 Å². The van der Waals surface area contributed by atoms with E-state index in [1.165, 1.54) is 19.3 Å². The molecular weight excluding hydrogens is 438 g/mol. The molecule has 1 atom stereocenters. The molecule has 6 heteroatoms. The molecule has 2 aromatic carbocycles. The average Bonchev–Trinajstić information content (AvgIpc) is 3.22. The normalized spacial score (nSPS) is 21.3. The van der Waals surface area contributed by atoms with Crippen molar-refractivity contribution >= 4 is 22.7 Å². The van der Waals surface area contributed by atoms with Crippen LogP contribution in [-0.2, 0) is 17.9 Å². The summed E-state index contributed by atoms with van der Waals surface area (Å²) in [5, 5.41) is 4.37. The molecule has 35 heavy (non-hydrogen) atoms. The predicted octanol–water partition coefficient (Wildman–Crippen LogP) is 5.29. The van der Waals surface area contributed by atoms with Crippen molar-refractivity contribution in [3.05, 3.63) is 65.9 Å². The topological polar surface area (TPSA) is 63.6 Å². The van der Waals surface area contributed by atoms with Gasteiger partial charge in [-0.2, -0.15) is 0 Å². The Labute approximate surface area is 207 Å². The van der Waals surface area contributed by atoms with Crippen LogP contribution in [0.3, 0.4) is 0 Å². The summed E-state index contributed by atoms with van der Waals surface area (Å²) in [4.78, 5) is 29.7. The lowest BCUT2D eigenvalue weighted by Gasteiger charge is -2.44. The Morgan fingerprint density at radius 2 is 1.77 bits per heavy atom. The van der Waals surface area contributed by atoms with Crippen LogP contribution in [0.1, 0.15) is 67.9 Å². The second kappa shape index (κ2) is 9.76. The van der Waals surface area contributed by atoms with Crippen LogP contribution in [0, 0.1) is 0 Å². The van der Waals surface area contributed by atoms with E-state index in [1.54, 1.807) is 12.0 Å². The van der Waals surface area contributed by atoms with Crippen LogP contribution >= 0.6 is 0 Å². The average molecular weight is 474 g/mol. The van der Waals surface area contributed by atoms with E-state index in [-0.39, 0.29) is 17.9 Å². The molecule has 1 aliphatic carbocycles. The molecule has 1 saturated carbocycles. The number of fused-ring (bicyclic) bond motifs is 3. The van der Waals surface area contributed by atoms with Crippen LogP contribution in [0.2, 0.25) is 0 Å². The molecule has 0 bridgehead atoms.